The number of hydrogen-bond donors (Lipinski definition) is 1. The highest BCUT2D eigenvalue weighted by atomic mass is 32.1. The molecule has 1 aliphatic rings. The second kappa shape index (κ2) is 8.12. The predicted molar refractivity (Wildman–Crippen MR) is 108 cm³/mol. The van der Waals surface area contributed by atoms with Crippen LogP contribution in [0.3, 0.4) is 0 Å². The quantitative estimate of drug-likeness (QED) is 0.716. The zero-order valence-electron chi connectivity index (χ0n) is 14.4. The number of piperidine rings is 1. The smallest absolute Gasteiger partial charge is 0.263 e. The molecule has 4 rings (SSSR count). The largest absolute Gasteiger partial charge is 0.347 e. The van der Waals surface area contributed by atoms with E-state index >= 15 is 0 Å². The monoisotopic (exact) mass is 383 g/mol. The van der Waals surface area contributed by atoms with Crippen molar-refractivity contribution in [1.29, 1.82) is 0 Å². The van der Waals surface area contributed by atoms with E-state index in [-0.39, 0.29) is 11.9 Å². The highest BCUT2D eigenvalue weighted by molar-refractivity contribution is 7.21. The van der Waals surface area contributed by atoms with E-state index in [1.165, 1.54) is 16.9 Å². The first kappa shape index (κ1) is 17.4. The molecule has 1 amide bonds. The third-order valence-corrected chi connectivity index (χ3v) is 6.59. The fourth-order valence-corrected chi connectivity index (χ4v) is 4.93. The maximum atomic E-state index is 12.6. The van der Waals surface area contributed by atoms with E-state index < -0.39 is 0 Å². The molecule has 26 heavy (non-hydrogen) atoms. The summed E-state index contributed by atoms with van der Waals surface area (Å²) >= 11 is 3.11. The van der Waals surface area contributed by atoms with Crippen LogP contribution >= 0.6 is 22.7 Å². The topological polar surface area (TPSA) is 45.2 Å². The Hall–Kier alpha value is -2.02. The summed E-state index contributed by atoms with van der Waals surface area (Å²) in [6, 6.07) is 14.8. The van der Waals surface area contributed by atoms with Crippen LogP contribution in [0.2, 0.25) is 0 Å². The number of nitrogens with one attached hydrogen (secondary N) is 1. The summed E-state index contributed by atoms with van der Waals surface area (Å²) in [6.07, 6.45) is 3.84. The van der Waals surface area contributed by atoms with Gasteiger partial charge in [-0.2, -0.15) is 0 Å². The summed E-state index contributed by atoms with van der Waals surface area (Å²) in [4.78, 5) is 21.2. The van der Waals surface area contributed by atoms with E-state index in [9.17, 15) is 4.79 Å². The van der Waals surface area contributed by atoms with Crippen molar-refractivity contribution >= 4 is 28.6 Å². The van der Waals surface area contributed by atoms with Crippen molar-refractivity contribution in [2.45, 2.75) is 25.4 Å². The number of nitrogens with zero attached hydrogens (tertiary/aromatic N) is 2. The van der Waals surface area contributed by atoms with E-state index in [1.54, 1.807) is 17.5 Å². The molecule has 1 unspecified atom stereocenters. The van der Waals surface area contributed by atoms with Gasteiger partial charge >= 0.3 is 0 Å². The van der Waals surface area contributed by atoms with Crippen LogP contribution < -0.4 is 5.32 Å². The van der Waals surface area contributed by atoms with Gasteiger partial charge in [-0.1, -0.05) is 36.4 Å². The number of thiophene rings is 1. The first-order valence-electron chi connectivity index (χ1n) is 8.85. The fraction of sp³-hybridized carbons (Fsp3) is 0.300. The highest BCUT2D eigenvalue weighted by Gasteiger charge is 2.23. The molecule has 1 saturated heterocycles. The van der Waals surface area contributed by atoms with Crippen LogP contribution in [-0.4, -0.2) is 34.9 Å². The zero-order valence-corrected chi connectivity index (χ0v) is 16.1. The highest BCUT2D eigenvalue weighted by Crippen LogP contribution is 2.29. The molecule has 4 nitrogen and oxygen atoms in total. The van der Waals surface area contributed by atoms with Gasteiger partial charge in [0.15, 0.2) is 0 Å². The SMILES string of the molecule is O=C(NC1CCCN(Cc2ccccc2)C1)c1cnc(-c2cccs2)s1. The third kappa shape index (κ3) is 4.20. The van der Waals surface area contributed by atoms with Crippen LogP contribution in [0, 0.1) is 0 Å². The first-order chi connectivity index (χ1) is 12.8. The van der Waals surface area contributed by atoms with Gasteiger partial charge in [-0.05, 0) is 36.4 Å². The Kier molecular flexibility index (Phi) is 5.43. The minimum Gasteiger partial charge on any atom is -0.347 e. The lowest BCUT2D eigenvalue weighted by Crippen LogP contribution is -2.47. The van der Waals surface area contributed by atoms with Crippen LogP contribution in [0.15, 0.2) is 54.0 Å². The Balaban J connectivity index is 1.35. The van der Waals surface area contributed by atoms with Crippen molar-refractivity contribution in [3.05, 3.63) is 64.5 Å². The lowest BCUT2D eigenvalue weighted by atomic mass is 10.0. The number of rotatable bonds is 5. The van der Waals surface area contributed by atoms with Crippen molar-refractivity contribution in [2.24, 2.45) is 0 Å². The Morgan fingerprint density at radius 2 is 2.12 bits per heavy atom. The minimum atomic E-state index is -0.00290. The molecular formula is C20H21N3OS2. The molecule has 2 aromatic heterocycles. The summed E-state index contributed by atoms with van der Waals surface area (Å²) in [7, 11) is 0. The van der Waals surface area contributed by atoms with Crippen LogP contribution in [0.5, 0.6) is 0 Å². The second-order valence-corrected chi connectivity index (χ2v) is 8.52. The fourth-order valence-electron chi connectivity index (χ4n) is 3.31. The molecule has 3 heterocycles. The molecule has 0 bridgehead atoms. The standard InChI is InChI=1S/C20H21N3OS2/c24-19(18-12-21-20(26-18)17-9-5-11-25-17)22-16-8-4-10-23(14-16)13-15-6-2-1-3-7-15/h1-3,5-7,9,11-12,16H,4,8,10,13-14H2,(H,22,24). The van der Waals surface area contributed by atoms with Crippen molar-refractivity contribution in [2.75, 3.05) is 13.1 Å². The molecule has 1 aliphatic heterocycles. The Bertz CT molecular complexity index is 845. The van der Waals surface area contributed by atoms with Gasteiger partial charge in [-0.25, -0.2) is 4.98 Å². The molecule has 0 aliphatic carbocycles. The normalized spacial score (nSPS) is 17.9. The maximum Gasteiger partial charge on any atom is 0.263 e. The van der Waals surface area contributed by atoms with E-state index in [0.717, 1.165) is 42.4 Å². The van der Waals surface area contributed by atoms with Gasteiger partial charge in [0.2, 0.25) is 0 Å². The molecule has 6 heteroatoms. The number of amides is 1. The molecular weight excluding hydrogens is 362 g/mol. The predicted octanol–water partition coefficient (Wildman–Crippen LogP) is 4.27. The Morgan fingerprint density at radius 3 is 2.92 bits per heavy atom. The van der Waals surface area contributed by atoms with Crippen molar-refractivity contribution in [1.82, 2.24) is 15.2 Å². The van der Waals surface area contributed by atoms with Crippen LogP contribution in [0.25, 0.3) is 9.88 Å². The van der Waals surface area contributed by atoms with Crippen molar-refractivity contribution in [3.63, 3.8) is 0 Å². The van der Waals surface area contributed by atoms with Gasteiger partial charge in [0.1, 0.15) is 9.88 Å². The number of hydrogen-bond acceptors (Lipinski definition) is 5. The number of benzene rings is 1. The lowest BCUT2D eigenvalue weighted by molar-refractivity contribution is 0.0904. The van der Waals surface area contributed by atoms with Crippen LogP contribution in [-0.2, 0) is 6.54 Å². The summed E-state index contributed by atoms with van der Waals surface area (Å²) in [6.45, 7) is 2.93. The van der Waals surface area contributed by atoms with E-state index in [2.05, 4.69) is 39.5 Å². The molecule has 1 fully saturated rings. The molecule has 0 spiro atoms. The van der Waals surface area contributed by atoms with Crippen molar-refractivity contribution in [3.8, 4) is 9.88 Å². The molecule has 1 atom stereocenters. The van der Waals surface area contributed by atoms with Gasteiger partial charge in [0, 0.05) is 19.1 Å². The van der Waals surface area contributed by atoms with Crippen molar-refractivity contribution < 1.29 is 4.79 Å². The number of thiazole rings is 1. The number of likely N-dealkylation sites (tertiary alicyclic amines) is 1. The number of aromatic nitrogens is 1. The van der Waals surface area contributed by atoms with Crippen LogP contribution in [0.4, 0.5) is 0 Å². The van der Waals surface area contributed by atoms with Gasteiger partial charge in [-0.15, -0.1) is 22.7 Å². The molecule has 1 aromatic carbocycles. The third-order valence-electron chi connectivity index (χ3n) is 4.55. The molecule has 134 valence electrons. The average molecular weight is 384 g/mol. The van der Waals surface area contributed by atoms with Gasteiger partial charge < -0.3 is 5.32 Å². The van der Waals surface area contributed by atoms with Gasteiger partial charge in [0.25, 0.3) is 5.91 Å². The van der Waals surface area contributed by atoms with E-state index in [1.807, 2.05) is 23.6 Å². The lowest BCUT2D eigenvalue weighted by Gasteiger charge is -2.33. The summed E-state index contributed by atoms with van der Waals surface area (Å²) < 4.78 is 0. The van der Waals surface area contributed by atoms with Gasteiger partial charge in [0.05, 0.1) is 11.1 Å². The Labute approximate surface area is 161 Å². The number of carbonyl (C=O) groups excluding carboxylic acids is 1. The zero-order chi connectivity index (χ0) is 17.8. The molecule has 3 aromatic rings. The first-order valence-corrected chi connectivity index (χ1v) is 10.5. The van der Waals surface area contributed by atoms with E-state index in [4.69, 9.17) is 0 Å². The summed E-state index contributed by atoms with van der Waals surface area (Å²) in [5.74, 6) is -0.00290. The molecule has 1 N–H and O–H groups in total. The second-order valence-electron chi connectivity index (χ2n) is 6.54. The minimum absolute atomic E-state index is 0.00290. The molecule has 0 radical (unpaired) electrons. The average Bonchev–Trinajstić information content (AvgIpc) is 3.34. The van der Waals surface area contributed by atoms with Crippen LogP contribution in [0.1, 0.15) is 28.1 Å². The summed E-state index contributed by atoms with van der Waals surface area (Å²) in [5, 5.41) is 6.15. The maximum absolute atomic E-state index is 12.6. The van der Waals surface area contributed by atoms with Gasteiger partial charge in [-0.3, -0.25) is 9.69 Å². The summed E-state index contributed by atoms with van der Waals surface area (Å²) in [5.41, 5.74) is 1.32. The van der Waals surface area contributed by atoms with E-state index in [0.29, 0.717) is 4.88 Å². The molecule has 0 saturated carbocycles. The number of carbonyl (C=O) groups is 1. The Morgan fingerprint density at radius 1 is 1.23 bits per heavy atom.